The molecule has 0 N–H and O–H groups in total. The average Bonchev–Trinajstić information content (AvgIpc) is 2.18. The van der Waals surface area contributed by atoms with E-state index in [-0.39, 0.29) is 5.56 Å². The van der Waals surface area contributed by atoms with Gasteiger partial charge in [-0.2, -0.15) is 13.2 Å². The van der Waals surface area contributed by atoms with Gasteiger partial charge in [0.05, 0.1) is 12.7 Å². The second kappa shape index (κ2) is 4.70. The van der Waals surface area contributed by atoms with Crippen LogP contribution in [0.1, 0.15) is 5.56 Å². The Morgan fingerprint density at radius 3 is 2.13 bits per heavy atom. The highest BCUT2D eigenvalue weighted by molar-refractivity contribution is 9.11. The Hall–Kier alpha value is -0.970. The van der Waals surface area contributed by atoms with Gasteiger partial charge in [-0.25, -0.2) is 0 Å². The van der Waals surface area contributed by atoms with Crippen LogP contribution in [-0.4, -0.2) is 13.3 Å². The predicted molar refractivity (Wildman–Crippen MR) is 56.0 cm³/mol. The fourth-order valence-corrected chi connectivity index (χ4v) is 1.58. The first kappa shape index (κ1) is 12.1. The summed E-state index contributed by atoms with van der Waals surface area (Å²) in [6, 6.07) is 5.69. The van der Waals surface area contributed by atoms with Crippen molar-refractivity contribution in [2.45, 2.75) is 6.18 Å². The van der Waals surface area contributed by atoms with Gasteiger partial charge < -0.3 is 4.74 Å². The highest BCUT2D eigenvalue weighted by Gasteiger charge is 2.34. The van der Waals surface area contributed by atoms with Crippen LogP contribution in [0.5, 0.6) is 5.75 Å². The molecule has 15 heavy (non-hydrogen) atoms. The van der Waals surface area contributed by atoms with Crippen molar-refractivity contribution in [3.8, 4) is 5.75 Å². The summed E-state index contributed by atoms with van der Waals surface area (Å²) in [5.41, 5.74) is -0.620. The molecule has 1 nitrogen and oxygen atoms in total. The smallest absolute Gasteiger partial charge is 0.417 e. The molecule has 0 bridgehead atoms. The van der Waals surface area contributed by atoms with E-state index in [1.807, 2.05) is 0 Å². The van der Waals surface area contributed by atoms with Crippen molar-refractivity contribution in [1.82, 2.24) is 0 Å². The molecule has 0 fully saturated rings. The lowest BCUT2D eigenvalue weighted by molar-refractivity contribution is -0.0687. The van der Waals surface area contributed by atoms with Gasteiger partial charge in [0, 0.05) is 0 Å². The van der Waals surface area contributed by atoms with Crippen molar-refractivity contribution < 1.29 is 17.9 Å². The first-order valence-corrected chi connectivity index (χ1v) is 4.92. The van der Waals surface area contributed by atoms with Crippen LogP contribution in [0.25, 0.3) is 5.57 Å². The second-order valence-corrected chi connectivity index (χ2v) is 3.21. The van der Waals surface area contributed by atoms with Gasteiger partial charge in [0.15, 0.2) is 0 Å². The lowest BCUT2D eigenvalue weighted by atomic mass is 10.1. The Bertz CT molecular complexity index is 354. The van der Waals surface area contributed by atoms with Crippen molar-refractivity contribution in [2.75, 3.05) is 7.11 Å². The standard InChI is InChI=1S/C10H8BrF3O/c1-15-8-4-2-7(3-5-8)9(6-11)10(12,13)14/h2-6H,1H3/b9-6+. The normalized spacial score (nSPS) is 12.7. The highest BCUT2D eigenvalue weighted by Crippen LogP contribution is 2.35. The summed E-state index contributed by atoms with van der Waals surface area (Å²) in [7, 11) is 1.46. The first-order chi connectivity index (χ1) is 6.99. The quantitative estimate of drug-likeness (QED) is 0.796. The van der Waals surface area contributed by atoms with Crippen LogP contribution in [-0.2, 0) is 0 Å². The van der Waals surface area contributed by atoms with Gasteiger partial charge in [0.2, 0.25) is 0 Å². The lowest BCUT2D eigenvalue weighted by Gasteiger charge is -2.11. The zero-order valence-corrected chi connectivity index (χ0v) is 9.39. The Balaban J connectivity index is 3.05. The molecule has 0 aliphatic rings. The summed E-state index contributed by atoms with van der Waals surface area (Å²) in [4.78, 5) is 0.870. The third-order valence-electron chi connectivity index (χ3n) is 1.82. The maximum Gasteiger partial charge on any atom is 0.417 e. The number of methoxy groups -OCH3 is 1. The molecule has 0 saturated carbocycles. The monoisotopic (exact) mass is 280 g/mol. The van der Waals surface area contributed by atoms with Gasteiger partial charge in [-0.15, -0.1) is 0 Å². The van der Waals surface area contributed by atoms with Gasteiger partial charge in [0.25, 0.3) is 0 Å². The van der Waals surface area contributed by atoms with Crippen molar-refractivity contribution in [3.63, 3.8) is 0 Å². The van der Waals surface area contributed by atoms with Gasteiger partial charge >= 0.3 is 6.18 Å². The van der Waals surface area contributed by atoms with E-state index in [0.29, 0.717) is 5.75 Å². The van der Waals surface area contributed by atoms with E-state index >= 15 is 0 Å². The second-order valence-electron chi connectivity index (χ2n) is 2.75. The summed E-state index contributed by atoms with van der Waals surface area (Å²) < 4.78 is 42.2. The summed E-state index contributed by atoms with van der Waals surface area (Å²) in [5, 5.41) is 0. The molecule has 0 radical (unpaired) electrons. The van der Waals surface area contributed by atoms with Crippen LogP contribution in [0.15, 0.2) is 29.3 Å². The number of hydrogen-bond acceptors (Lipinski definition) is 1. The third kappa shape index (κ3) is 2.99. The average molecular weight is 281 g/mol. The molecule has 0 spiro atoms. The molecule has 0 atom stereocenters. The minimum absolute atomic E-state index is 0.0974. The van der Waals surface area contributed by atoms with Gasteiger partial charge in [-0.05, 0) is 22.7 Å². The molecule has 0 aliphatic carbocycles. The minimum Gasteiger partial charge on any atom is -0.497 e. The van der Waals surface area contributed by atoms with Crippen LogP contribution in [0.2, 0.25) is 0 Å². The van der Waals surface area contributed by atoms with E-state index in [1.54, 1.807) is 0 Å². The summed E-state index contributed by atoms with van der Waals surface area (Å²) in [5.74, 6) is 0.523. The molecule has 0 aromatic heterocycles. The van der Waals surface area contributed by atoms with E-state index in [4.69, 9.17) is 4.74 Å². The van der Waals surface area contributed by atoms with Crippen LogP contribution in [0, 0.1) is 0 Å². The summed E-state index contributed by atoms with van der Waals surface area (Å²) >= 11 is 2.71. The number of ether oxygens (including phenoxy) is 1. The summed E-state index contributed by atoms with van der Waals surface area (Å²) in [6.07, 6.45) is -4.36. The molecule has 5 heteroatoms. The highest BCUT2D eigenvalue weighted by atomic mass is 79.9. The minimum atomic E-state index is -4.36. The molecule has 0 saturated heterocycles. The van der Waals surface area contributed by atoms with Crippen molar-refractivity contribution in [1.29, 1.82) is 0 Å². The van der Waals surface area contributed by atoms with Crippen LogP contribution in [0.4, 0.5) is 13.2 Å². The van der Waals surface area contributed by atoms with E-state index in [2.05, 4.69) is 15.9 Å². The molecule has 1 rings (SSSR count). The van der Waals surface area contributed by atoms with E-state index in [0.717, 1.165) is 4.99 Å². The number of hydrogen-bond donors (Lipinski definition) is 0. The van der Waals surface area contributed by atoms with Crippen molar-refractivity contribution >= 4 is 21.5 Å². The van der Waals surface area contributed by atoms with Gasteiger partial charge in [-0.1, -0.05) is 28.1 Å². The Kier molecular flexibility index (Phi) is 3.79. The number of rotatable bonds is 2. The number of benzene rings is 1. The Labute approximate surface area is 93.7 Å². The molecular weight excluding hydrogens is 273 g/mol. The van der Waals surface area contributed by atoms with Crippen LogP contribution < -0.4 is 4.74 Å². The van der Waals surface area contributed by atoms with E-state index in [1.165, 1.54) is 31.4 Å². The predicted octanol–water partition coefficient (Wildman–Crippen LogP) is 3.99. The van der Waals surface area contributed by atoms with Crippen molar-refractivity contribution in [3.05, 3.63) is 34.8 Å². The first-order valence-electron chi connectivity index (χ1n) is 4.01. The zero-order valence-electron chi connectivity index (χ0n) is 7.81. The maximum absolute atomic E-state index is 12.5. The number of alkyl halides is 3. The molecule has 0 unspecified atom stereocenters. The molecular formula is C10H8BrF3O. The number of allylic oxidation sites excluding steroid dienone is 1. The molecule has 82 valence electrons. The van der Waals surface area contributed by atoms with E-state index in [9.17, 15) is 13.2 Å². The Morgan fingerprint density at radius 2 is 1.80 bits per heavy atom. The van der Waals surface area contributed by atoms with E-state index < -0.39 is 11.7 Å². The van der Waals surface area contributed by atoms with Crippen LogP contribution >= 0.6 is 15.9 Å². The molecule has 0 aliphatic heterocycles. The lowest BCUT2D eigenvalue weighted by Crippen LogP contribution is -2.09. The SMILES string of the molecule is COc1ccc(/C(=C\Br)C(F)(F)F)cc1. The van der Waals surface area contributed by atoms with Gasteiger partial charge in [-0.3, -0.25) is 0 Å². The molecule has 0 heterocycles. The fourth-order valence-electron chi connectivity index (χ4n) is 1.06. The third-order valence-corrected chi connectivity index (χ3v) is 2.27. The van der Waals surface area contributed by atoms with Crippen LogP contribution in [0.3, 0.4) is 0 Å². The van der Waals surface area contributed by atoms with Gasteiger partial charge in [0.1, 0.15) is 5.75 Å². The maximum atomic E-state index is 12.5. The molecule has 1 aromatic rings. The zero-order chi connectivity index (χ0) is 11.5. The largest absolute Gasteiger partial charge is 0.497 e. The van der Waals surface area contributed by atoms with Crippen molar-refractivity contribution in [2.24, 2.45) is 0 Å². The Morgan fingerprint density at radius 1 is 1.27 bits per heavy atom. The number of halogens is 4. The molecule has 1 aromatic carbocycles. The summed E-state index contributed by atoms with van der Waals surface area (Å²) in [6.45, 7) is 0. The molecule has 0 amide bonds. The topological polar surface area (TPSA) is 9.23 Å². The fraction of sp³-hybridized carbons (Fsp3) is 0.200.